The minimum atomic E-state index is 0. The third-order valence-electron chi connectivity index (χ3n) is 3.12. The second-order valence-electron chi connectivity index (χ2n) is 4.58. The van der Waals surface area contributed by atoms with E-state index in [4.69, 9.17) is 0 Å². The normalized spacial score (nSPS) is 21.8. The number of nitrogens with one attached hydrogen (secondary N) is 1. The first-order valence-electron chi connectivity index (χ1n) is 6.36. The SMILES string of the molecule is [CH2-]C/C(=C\[C@H]1CCC/C1=C\CNC)[CH-]C(C)=O.[Y]. The molecule has 0 amide bonds. The van der Waals surface area contributed by atoms with Gasteiger partial charge in [0.2, 0.25) is 0 Å². The molecule has 1 rings (SSSR count). The van der Waals surface area contributed by atoms with Crippen LogP contribution in [0.15, 0.2) is 23.3 Å². The van der Waals surface area contributed by atoms with Crippen LogP contribution in [0.2, 0.25) is 0 Å². The van der Waals surface area contributed by atoms with E-state index in [9.17, 15) is 4.79 Å². The largest absolute Gasteiger partial charge is 0.342 e. The van der Waals surface area contributed by atoms with Crippen LogP contribution < -0.4 is 5.32 Å². The minimum absolute atomic E-state index is 0. The van der Waals surface area contributed by atoms with Crippen molar-refractivity contribution in [3.05, 3.63) is 36.6 Å². The monoisotopic (exact) mass is 322 g/mol. The predicted octanol–water partition coefficient (Wildman–Crippen LogP) is 2.87. The van der Waals surface area contributed by atoms with Crippen LogP contribution >= 0.6 is 0 Å². The molecule has 3 heteroatoms. The molecule has 0 spiro atoms. The summed E-state index contributed by atoms with van der Waals surface area (Å²) in [6.45, 7) is 6.40. The molecule has 1 atom stereocenters. The molecule has 1 radical (unpaired) electrons. The molecule has 2 nitrogen and oxygen atoms in total. The van der Waals surface area contributed by atoms with Crippen molar-refractivity contribution in [2.24, 2.45) is 5.92 Å². The molecule has 0 aliphatic heterocycles. The molecule has 0 heterocycles. The number of carbonyl (C=O) groups excluding carboxylic acids is 1. The quantitative estimate of drug-likeness (QED) is 0.602. The number of ketones is 1. The Morgan fingerprint density at radius 3 is 2.89 bits per heavy atom. The maximum atomic E-state index is 11.1. The Kier molecular flexibility index (Phi) is 9.99. The first-order valence-corrected chi connectivity index (χ1v) is 6.36. The number of hydrogen-bond acceptors (Lipinski definition) is 2. The number of allylic oxidation sites excluding steroid dienone is 3. The zero-order chi connectivity index (χ0) is 12.7. The van der Waals surface area contributed by atoms with Crippen molar-refractivity contribution in [2.75, 3.05) is 13.6 Å². The van der Waals surface area contributed by atoms with Crippen molar-refractivity contribution in [1.29, 1.82) is 0 Å². The Balaban J connectivity index is 0.00000289. The van der Waals surface area contributed by atoms with Crippen LogP contribution in [0.3, 0.4) is 0 Å². The molecular weight excluding hydrogens is 299 g/mol. The molecule has 0 aromatic carbocycles. The van der Waals surface area contributed by atoms with Gasteiger partial charge in [-0.1, -0.05) is 30.4 Å². The van der Waals surface area contributed by atoms with Crippen LogP contribution in [0.5, 0.6) is 0 Å². The fraction of sp³-hybridized carbons (Fsp3) is 0.533. The maximum absolute atomic E-state index is 11.1. The van der Waals surface area contributed by atoms with E-state index in [-0.39, 0.29) is 38.5 Å². The maximum Gasteiger partial charge on any atom is 0.0734 e. The number of hydrogen-bond donors (Lipinski definition) is 1. The molecule has 18 heavy (non-hydrogen) atoms. The Morgan fingerprint density at radius 2 is 2.33 bits per heavy atom. The zero-order valence-corrected chi connectivity index (χ0v) is 14.4. The van der Waals surface area contributed by atoms with Gasteiger partial charge in [0.15, 0.2) is 0 Å². The molecule has 0 aromatic heterocycles. The molecule has 0 unspecified atom stereocenters. The number of carbonyl (C=O) groups is 1. The van der Waals surface area contributed by atoms with Crippen LogP contribution in [0.25, 0.3) is 0 Å². The van der Waals surface area contributed by atoms with Crippen LogP contribution in [-0.4, -0.2) is 19.4 Å². The number of Topliss-reactive ketones (excluding diaryl/α,β-unsaturated/α-hetero) is 1. The molecule has 0 aromatic rings. The summed E-state index contributed by atoms with van der Waals surface area (Å²) in [5.41, 5.74) is 2.57. The third-order valence-corrected chi connectivity index (χ3v) is 3.12. The number of likely N-dealkylation sites (N-methyl/N-ethyl adjacent to an activating group) is 1. The number of rotatable bonds is 6. The summed E-state index contributed by atoms with van der Waals surface area (Å²) in [5.74, 6) is 0.620. The van der Waals surface area contributed by atoms with Gasteiger partial charge in [-0.05, 0) is 20.4 Å². The third kappa shape index (κ3) is 6.31. The molecule has 1 fully saturated rings. The molecule has 1 aliphatic carbocycles. The molecule has 99 valence electrons. The van der Waals surface area contributed by atoms with Gasteiger partial charge in [0.25, 0.3) is 0 Å². The van der Waals surface area contributed by atoms with Gasteiger partial charge in [-0.15, -0.1) is 0 Å². The summed E-state index contributed by atoms with van der Waals surface area (Å²) in [4.78, 5) is 11.1. The van der Waals surface area contributed by atoms with E-state index in [1.165, 1.54) is 24.8 Å². The van der Waals surface area contributed by atoms with Crippen LogP contribution in [-0.2, 0) is 37.5 Å². The average Bonchev–Trinajstić information content (AvgIpc) is 2.72. The zero-order valence-electron chi connectivity index (χ0n) is 11.5. The Morgan fingerprint density at radius 1 is 1.61 bits per heavy atom. The summed E-state index contributed by atoms with van der Waals surface area (Å²) in [6, 6.07) is 0. The predicted molar refractivity (Wildman–Crippen MR) is 72.4 cm³/mol. The van der Waals surface area contributed by atoms with Crippen molar-refractivity contribution in [3.8, 4) is 0 Å². The average molecular weight is 322 g/mol. The Labute approximate surface area is 137 Å². The molecule has 0 bridgehead atoms. The second-order valence-corrected chi connectivity index (χ2v) is 4.58. The van der Waals surface area contributed by atoms with Crippen LogP contribution in [0, 0.1) is 19.3 Å². The van der Waals surface area contributed by atoms with Gasteiger partial charge < -0.3 is 17.0 Å². The van der Waals surface area contributed by atoms with Gasteiger partial charge in [-0.25, -0.2) is 11.6 Å². The molecular formula is C15H23NOY-2. The topological polar surface area (TPSA) is 29.1 Å². The standard InChI is InChI=1S/C15H23NO.Y/c1-4-13(10-12(2)17)11-15-7-5-6-14(15)8-9-16-3;/h8,10-11,15-16H,1,4-7,9H2,2-3H3;/q-2;/b13-11+,14-8+;/t15-;/m1./s1. The van der Waals surface area contributed by atoms with Crippen molar-refractivity contribution < 1.29 is 37.5 Å². The van der Waals surface area contributed by atoms with Crippen molar-refractivity contribution in [3.63, 3.8) is 0 Å². The molecule has 1 aliphatic rings. The van der Waals surface area contributed by atoms with Crippen molar-refractivity contribution >= 4 is 5.78 Å². The summed E-state index contributed by atoms with van der Waals surface area (Å²) >= 11 is 0. The van der Waals surface area contributed by atoms with Crippen LogP contribution in [0.4, 0.5) is 0 Å². The Bertz CT molecular complexity index is 320. The summed E-state index contributed by atoms with van der Waals surface area (Å²) in [5, 5.41) is 3.14. The molecule has 1 saturated carbocycles. The first-order chi connectivity index (χ1) is 8.17. The van der Waals surface area contributed by atoms with Gasteiger partial charge in [0.1, 0.15) is 0 Å². The van der Waals surface area contributed by atoms with Crippen molar-refractivity contribution in [2.45, 2.75) is 32.6 Å². The van der Waals surface area contributed by atoms with Gasteiger partial charge in [-0.3, -0.25) is 0 Å². The Hall–Kier alpha value is 0.0839. The van der Waals surface area contributed by atoms with Crippen molar-refractivity contribution in [1.82, 2.24) is 5.32 Å². The van der Waals surface area contributed by atoms with Gasteiger partial charge in [-0.2, -0.15) is 12.8 Å². The summed E-state index contributed by atoms with van der Waals surface area (Å²) < 4.78 is 0. The summed E-state index contributed by atoms with van der Waals surface area (Å²) in [7, 11) is 1.96. The second kappa shape index (κ2) is 9.94. The summed E-state index contributed by atoms with van der Waals surface area (Å²) in [6.07, 6.45) is 10.5. The van der Waals surface area contributed by atoms with E-state index >= 15 is 0 Å². The van der Waals surface area contributed by atoms with E-state index in [1.807, 2.05) is 7.05 Å². The van der Waals surface area contributed by atoms with E-state index in [1.54, 1.807) is 13.3 Å². The van der Waals surface area contributed by atoms with Crippen LogP contribution in [0.1, 0.15) is 32.6 Å². The smallest absolute Gasteiger partial charge is 0.0734 e. The van der Waals surface area contributed by atoms with Gasteiger partial charge in [0, 0.05) is 39.3 Å². The van der Waals surface area contributed by atoms with E-state index in [2.05, 4.69) is 24.4 Å². The molecule has 1 N–H and O–H groups in total. The fourth-order valence-electron chi connectivity index (χ4n) is 2.30. The first kappa shape index (κ1) is 18.1. The van der Waals surface area contributed by atoms with E-state index in [0.29, 0.717) is 12.3 Å². The molecule has 0 saturated heterocycles. The van der Waals surface area contributed by atoms with Gasteiger partial charge >= 0.3 is 0 Å². The van der Waals surface area contributed by atoms with E-state index < -0.39 is 0 Å². The van der Waals surface area contributed by atoms with E-state index in [0.717, 1.165) is 12.1 Å². The van der Waals surface area contributed by atoms with Gasteiger partial charge in [0.05, 0.1) is 5.78 Å². The minimum Gasteiger partial charge on any atom is -0.342 e. The fourth-order valence-corrected chi connectivity index (χ4v) is 2.30.